The number of aliphatic hydroxyl groups excluding tert-OH is 1. The van der Waals surface area contributed by atoms with Crippen LogP contribution < -0.4 is 0 Å². The summed E-state index contributed by atoms with van der Waals surface area (Å²) in [5.74, 6) is 0.450. The number of ketones is 1. The summed E-state index contributed by atoms with van der Waals surface area (Å²) < 4.78 is 10.6. The van der Waals surface area contributed by atoms with Gasteiger partial charge in [-0.1, -0.05) is 167 Å². The predicted octanol–water partition coefficient (Wildman–Crippen LogP) is 11.7. The SMILES string of the molecule is CCCCCC(=O)/C=C/C=C\CCCCCCCC(=O)OC[C@H](CO)OC(=O)CCCCCCCCCCCCCCCCC(C)CC. The number of carbonyl (C=O) groups is 3. The van der Waals surface area contributed by atoms with Crippen LogP contribution >= 0.6 is 0 Å². The number of allylic oxidation sites excluding steroid dienone is 4. The summed E-state index contributed by atoms with van der Waals surface area (Å²) in [5, 5.41) is 9.55. The highest BCUT2D eigenvalue weighted by Crippen LogP contribution is 2.16. The van der Waals surface area contributed by atoms with Gasteiger partial charge < -0.3 is 14.6 Å². The standard InChI is InChI=1S/C42H76O6/c1-4-6-26-32-39(44)33-28-23-19-15-13-17-20-24-29-34-41(45)47-37-40(36-43)48-42(46)35-30-25-21-16-12-10-8-7-9-11-14-18-22-27-31-38(3)5-2/h19,23,28,33,38,40,43H,4-18,20-22,24-27,29-32,34-37H2,1-3H3/b23-19-,33-28+/t38?,40-/m0/s1. The average molecular weight is 677 g/mol. The van der Waals surface area contributed by atoms with Gasteiger partial charge in [0.05, 0.1) is 6.61 Å². The maximum absolute atomic E-state index is 12.2. The summed E-state index contributed by atoms with van der Waals surface area (Å²) >= 11 is 0. The first-order valence-corrected chi connectivity index (χ1v) is 20.2. The molecule has 0 spiro atoms. The number of esters is 2. The van der Waals surface area contributed by atoms with Gasteiger partial charge in [0, 0.05) is 19.3 Å². The van der Waals surface area contributed by atoms with E-state index in [0.29, 0.717) is 19.3 Å². The molecular weight excluding hydrogens is 600 g/mol. The van der Waals surface area contributed by atoms with E-state index in [1.807, 2.05) is 12.2 Å². The van der Waals surface area contributed by atoms with Crippen LogP contribution in [-0.4, -0.2) is 42.1 Å². The predicted molar refractivity (Wildman–Crippen MR) is 201 cm³/mol. The van der Waals surface area contributed by atoms with E-state index in [0.717, 1.165) is 83.0 Å². The van der Waals surface area contributed by atoms with Crippen molar-refractivity contribution in [3.63, 3.8) is 0 Å². The van der Waals surface area contributed by atoms with E-state index in [-0.39, 0.29) is 30.9 Å². The molecule has 0 fully saturated rings. The lowest BCUT2D eigenvalue weighted by Crippen LogP contribution is -2.28. The van der Waals surface area contributed by atoms with Gasteiger partial charge in [-0.05, 0) is 44.1 Å². The van der Waals surface area contributed by atoms with E-state index in [9.17, 15) is 19.5 Å². The normalized spacial score (nSPS) is 12.9. The number of hydrogen-bond acceptors (Lipinski definition) is 6. The second-order valence-corrected chi connectivity index (χ2v) is 14.0. The van der Waals surface area contributed by atoms with Crippen LogP contribution in [0, 0.1) is 5.92 Å². The Bertz CT molecular complexity index is 804. The molecule has 2 atom stereocenters. The monoisotopic (exact) mass is 677 g/mol. The summed E-state index contributed by atoms with van der Waals surface area (Å²) in [6.07, 6.45) is 37.8. The lowest BCUT2D eigenvalue weighted by Gasteiger charge is -2.15. The van der Waals surface area contributed by atoms with Gasteiger partial charge in [0.2, 0.25) is 0 Å². The summed E-state index contributed by atoms with van der Waals surface area (Å²) in [6, 6.07) is 0. The lowest BCUT2D eigenvalue weighted by molar-refractivity contribution is -0.161. The third kappa shape index (κ3) is 33.9. The first kappa shape index (κ1) is 46.0. The van der Waals surface area contributed by atoms with Gasteiger partial charge >= 0.3 is 11.9 Å². The number of rotatable bonds is 36. The molecule has 6 heteroatoms. The van der Waals surface area contributed by atoms with Gasteiger partial charge in [-0.25, -0.2) is 0 Å². The molecule has 0 aromatic rings. The van der Waals surface area contributed by atoms with Gasteiger partial charge in [-0.3, -0.25) is 14.4 Å². The van der Waals surface area contributed by atoms with Crippen LogP contribution in [0.4, 0.5) is 0 Å². The highest BCUT2D eigenvalue weighted by molar-refractivity contribution is 5.89. The molecule has 0 aliphatic heterocycles. The lowest BCUT2D eigenvalue weighted by atomic mass is 9.99. The summed E-state index contributed by atoms with van der Waals surface area (Å²) in [7, 11) is 0. The summed E-state index contributed by atoms with van der Waals surface area (Å²) in [5.41, 5.74) is 0. The summed E-state index contributed by atoms with van der Waals surface area (Å²) in [6.45, 7) is 6.35. The molecule has 0 radical (unpaired) electrons. The van der Waals surface area contributed by atoms with Crippen LogP contribution in [0.15, 0.2) is 24.3 Å². The maximum Gasteiger partial charge on any atom is 0.306 e. The Morgan fingerprint density at radius 3 is 1.65 bits per heavy atom. The second kappa shape index (κ2) is 36.3. The van der Waals surface area contributed by atoms with Crippen molar-refractivity contribution in [1.82, 2.24) is 0 Å². The van der Waals surface area contributed by atoms with Crippen molar-refractivity contribution in [2.45, 2.75) is 207 Å². The smallest absolute Gasteiger partial charge is 0.306 e. The second-order valence-electron chi connectivity index (χ2n) is 14.0. The molecule has 0 aliphatic carbocycles. The minimum absolute atomic E-state index is 0.0927. The highest BCUT2D eigenvalue weighted by Gasteiger charge is 2.16. The zero-order chi connectivity index (χ0) is 35.3. The van der Waals surface area contributed by atoms with E-state index in [1.165, 1.54) is 83.5 Å². The molecule has 0 saturated carbocycles. The fourth-order valence-electron chi connectivity index (χ4n) is 5.75. The number of carbonyl (C=O) groups excluding carboxylic acids is 3. The molecule has 6 nitrogen and oxygen atoms in total. The molecule has 0 heterocycles. The highest BCUT2D eigenvalue weighted by atomic mass is 16.6. The number of aliphatic hydroxyl groups is 1. The molecule has 1 N–H and O–H groups in total. The van der Waals surface area contributed by atoms with E-state index in [2.05, 4.69) is 26.8 Å². The van der Waals surface area contributed by atoms with Crippen LogP contribution in [0.1, 0.15) is 201 Å². The van der Waals surface area contributed by atoms with Crippen LogP contribution in [-0.2, 0) is 23.9 Å². The van der Waals surface area contributed by atoms with Crippen LogP contribution in [0.5, 0.6) is 0 Å². The largest absolute Gasteiger partial charge is 0.462 e. The van der Waals surface area contributed by atoms with Crippen molar-refractivity contribution in [3.05, 3.63) is 24.3 Å². The van der Waals surface area contributed by atoms with Gasteiger partial charge in [-0.15, -0.1) is 0 Å². The molecule has 0 saturated heterocycles. The average Bonchev–Trinajstić information content (AvgIpc) is 3.08. The minimum Gasteiger partial charge on any atom is -0.462 e. The van der Waals surface area contributed by atoms with Crippen molar-refractivity contribution in [2.75, 3.05) is 13.2 Å². The zero-order valence-corrected chi connectivity index (χ0v) is 31.7. The van der Waals surface area contributed by atoms with Gasteiger partial charge in [0.1, 0.15) is 6.61 Å². The van der Waals surface area contributed by atoms with E-state index < -0.39 is 6.10 Å². The molecule has 0 aliphatic rings. The Morgan fingerprint density at radius 1 is 0.604 bits per heavy atom. The molecule has 0 amide bonds. The minimum atomic E-state index is -0.793. The Morgan fingerprint density at radius 2 is 1.10 bits per heavy atom. The fraction of sp³-hybridized carbons (Fsp3) is 0.833. The number of hydrogen-bond donors (Lipinski definition) is 1. The van der Waals surface area contributed by atoms with E-state index in [1.54, 1.807) is 6.08 Å². The molecule has 1 unspecified atom stereocenters. The maximum atomic E-state index is 12.2. The van der Waals surface area contributed by atoms with Crippen molar-refractivity contribution < 1.29 is 29.0 Å². The Balaban J connectivity index is 3.60. The van der Waals surface area contributed by atoms with Crippen molar-refractivity contribution >= 4 is 17.7 Å². The molecule has 0 aromatic heterocycles. The zero-order valence-electron chi connectivity index (χ0n) is 31.7. The van der Waals surface area contributed by atoms with Gasteiger partial charge in [-0.2, -0.15) is 0 Å². The molecule has 48 heavy (non-hydrogen) atoms. The third-order valence-electron chi connectivity index (χ3n) is 9.26. The Hall–Kier alpha value is -1.95. The molecular formula is C42H76O6. The fourth-order valence-corrected chi connectivity index (χ4v) is 5.75. The Kier molecular flexibility index (Phi) is 34.9. The first-order valence-electron chi connectivity index (χ1n) is 20.2. The number of unbranched alkanes of at least 4 members (excludes halogenated alkanes) is 20. The molecule has 0 aromatic carbocycles. The van der Waals surface area contributed by atoms with Crippen LogP contribution in [0.25, 0.3) is 0 Å². The first-order chi connectivity index (χ1) is 23.4. The quantitative estimate of drug-likeness (QED) is 0.0307. The van der Waals surface area contributed by atoms with E-state index >= 15 is 0 Å². The number of ether oxygens (including phenoxy) is 2. The van der Waals surface area contributed by atoms with E-state index in [4.69, 9.17) is 9.47 Å². The van der Waals surface area contributed by atoms with Crippen LogP contribution in [0.3, 0.4) is 0 Å². The molecule has 280 valence electrons. The van der Waals surface area contributed by atoms with Crippen molar-refractivity contribution in [1.29, 1.82) is 0 Å². The topological polar surface area (TPSA) is 89.9 Å². The molecule has 0 bridgehead atoms. The van der Waals surface area contributed by atoms with Crippen LogP contribution in [0.2, 0.25) is 0 Å². The third-order valence-corrected chi connectivity index (χ3v) is 9.26. The summed E-state index contributed by atoms with van der Waals surface area (Å²) in [4.78, 5) is 35.9. The van der Waals surface area contributed by atoms with Crippen molar-refractivity contribution in [3.8, 4) is 0 Å². The van der Waals surface area contributed by atoms with Crippen molar-refractivity contribution in [2.24, 2.45) is 5.92 Å². The Labute approximate surface area is 296 Å². The molecule has 0 rings (SSSR count). The van der Waals surface area contributed by atoms with Gasteiger partial charge in [0.25, 0.3) is 0 Å². The van der Waals surface area contributed by atoms with Gasteiger partial charge in [0.15, 0.2) is 11.9 Å².